The number of nitrogens with zero attached hydrogens (tertiary/aromatic N) is 1. The third kappa shape index (κ3) is 5.82. The molecule has 1 fully saturated rings. The van der Waals surface area contributed by atoms with Crippen LogP contribution in [0, 0.1) is 0 Å². The van der Waals surface area contributed by atoms with Crippen LogP contribution in [0.5, 0.6) is 5.75 Å². The van der Waals surface area contributed by atoms with Crippen LogP contribution < -0.4 is 15.4 Å². The molecule has 0 aliphatic carbocycles. The topological polar surface area (TPSA) is 97.0 Å². The van der Waals surface area contributed by atoms with Gasteiger partial charge in [-0.25, -0.2) is 8.42 Å². The number of ether oxygens (including phenoxy) is 2. The molecule has 0 radical (unpaired) electrons. The van der Waals surface area contributed by atoms with Crippen molar-refractivity contribution in [2.75, 3.05) is 51.8 Å². The molecule has 2 rings (SSSR count). The van der Waals surface area contributed by atoms with Crippen LogP contribution in [0.25, 0.3) is 0 Å². The normalized spacial score (nSPS) is 15.2. The van der Waals surface area contributed by atoms with Gasteiger partial charge >= 0.3 is 0 Å². The number of carbonyl (C=O) groups is 1. The van der Waals surface area contributed by atoms with Gasteiger partial charge in [0, 0.05) is 31.7 Å². The zero-order chi connectivity index (χ0) is 18.3. The van der Waals surface area contributed by atoms with E-state index < -0.39 is 10.0 Å². The molecule has 0 spiro atoms. The van der Waals surface area contributed by atoms with Crippen LogP contribution in [0.4, 0.5) is 5.69 Å². The molecular formula is C16H26ClN3O5S. The van der Waals surface area contributed by atoms with Gasteiger partial charge in [-0.2, -0.15) is 4.31 Å². The Balaban J connectivity index is 0.00000338. The van der Waals surface area contributed by atoms with E-state index in [9.17, 15) is 13.2 Å². The van der Waals surface area contributed by atoms with E-state index in [1.807, 2.05) is 0 Å². The van der Waals surface area contributed by atoms with Gasteiger partial charge in [0.1, 0.15) is 10.6 Å². The summed E-state index contributed by atoms with van der Waals surface area (Å²) in [6, 6.07) is 4.66. The number of morpholine rings is 1. The second-order valence-electron chi connectivity index (χ2n) is 5.51. The Morgan fingerprint density at radius 2 is 2.00 bits per heavy atom. The molecule has 0 bridgehead atoms. The van der Waals surface area contributed by atoms with Crippen molar-refractivity contribution in [3.63, 3.8) is 0 Å². The standard InChI is InChI=1S/C16H25N3O5S.ClH/c1-3-24-14-5-4-13(18-16(20)6-7-17-2)12-15(14)25(21,22)19-8-10-23-11-9-19;/h4-5,12,17H,3,6-11H2,1-2H3,(H,18,20);1H. The maximum atomic E-state index is 13.0. The molecule has 1 aromatic carbocycles. The molecule has 1 amide bonds. The summed E-state index contributed by atoms with van der Waals surface area (Å²) in [5.41, 5.74) is 0.427. The smallest absolute Gasteiger partial charge is 0.246 e. The van der Waals surface area contributed by atoms with Crippen molar-refractivity contribution >= 4 is 34.0 Å². The highest BCUT2D eigenvalue weighted by Crippen LogP contribution is 2.30. The van der Waals surface area contributed by atoms with Crippen LogP contribution in [-0.4, -0.2) is 65.1 Å². The molecule has 1 aliphatic heterocycles. The molecule has 148 valence electrons. The van der Waals surface area contributed by atoms with Gasteiger partial charge in [0.2, 0.25) is 15.9 Å². The van der Waals surface area contributed by atoms with Crippen molar-refractivity contribution in [2.45, 2.75) is 18.2 Å². The Bertz CT molecular complexity index is 693. The molecule has 10 heteroatoms. The molecule has 0 saturated carbocycles. The molecule has 1 heterocycles. The van der Waals surface area contributed by atoms with Gasteiger partial charge in [-0.1, -0.05) is 0 Å². The van der Waals surface area contributed by atoms with E-state index >= 15 is 0 Å². The molecule has 1 aromatic rings. The number of sulfonamides is 1. The van der Waals surface area contributed by atoms with Crippen LogP contribution in [0.2, 0.25) is 0 Å². The van der Waals surface area contributed by atoms with Gasteiger partial charge < -0.3 is 20.1 Å². The van der Waals surface area contributed by atoms with Crippen LogP contribution in [0.15, 0.2) is 23.1 Å². The average Bonchev–Trinajstić information content (AvgIpc) is 2.62. The first-order valence-electron chi connectivity index (χ1n) is 8.28. The second-order valence-corrected chi connectivity index (χ2v) is 7.42. The third-order valence-electron chi connectivity index (χ3n) is 3.72. The summed E-state index contributed by atoms with van der Waals surface area (Å²) in [7, 11) is -1.96. The lowest BCUT2D eigenvalue weighted by molar-refractivity contribution is -0.116. The predicted octanol–water partition coefficient (Wildman–Crippen LogP) is 1.08. The molecule has 26 heavy (non-hydrogen) atoms. The number of amides is 1. The van der Waals surface area contributed by atoms with Gasteiger partial charge in [0.25, 0.3) is 0 Å². The maximum Gasteiger partial charge on any atom is 0.246 e. The minimum absolute atomic E-state index is 0. The fraction of sp³-hybridized carbons (Fsp3) is 0.562. The highest BCUT2D eigenvalue weighted by molar-refractivity contribution is 7.89. The zero-order valence-corrected chi connectivity index (χ0v) is 16.6. The lowest BCUT2D eigenvalue weighted by atomic mass is 10.3. The van der Waals surface area contributed by atoms with Gasteiger partial charge in [0.05, 0.1) is 19.8 Å². The fourth-order valence-corrected chi connectivity index (χ4v) is 4.02. The second kappa shape index (κ2) is 10.7. The molecular weight excluding hydrogens is 382 g/mol. The summed E-state index contributed by atoms with van der Waals surface area (Å²) in [5, 5.41) is 5.61. The molecule has 8 nitrogen and oxygen atoms in total. The number of rotatable bonds is 8. The van der Waals surface area contributed by atoms with Crippen LogP contribution in [0.1, 0.15) is 13.3 Å². The van der Waals surface area contributed by atoms with Crippen LogP contribution in [0.3, 0.4) is 0 Å². The third-order valence-corrected chi connectivity index (χ3v) is 5.64. The first kappa shape index (κ1) is 22.7. The molecule has 2 N–H and O–H groups in total. The predicted molar refractivity (Wildman–Crippen MR) is 102 cm³/mol. The summed E-state index contributed by atoms with van der Waals surface area (Å²) in [6.07, 6.45) is 0.301. The van der Waals surface area contributed by atoms with E-state index in [0.29, 0.717) is 51.6 Å². The highest BCUT2D eigenvalue weighted by atomic mass is 35.5. The van der Waals surface area contributed by atoms with E-state index in [2.05, 4.69) is 10.6 Å². The average molecular weight is 408 g/mol. The number of benzene rings is 1. The largest absolute Gasteiger partial charge is 0.492 e. The van der Waals surface area contributed by atoms with Crippen molar-refractivity contribution in [1.29, 1.82) is 0 Å². The molecule has 0 atom stereocenters. The van der Waals surface area contributed by atoms with Crippen molar-refractivity contribution < 1.29 is 22.7 Å². The van der Waals surface area contributed by atoms with Gasteiger partial charge in [-0.05, 0) is 32.2 Å². The molecule has 1 saturated heterocycles. The Morgan fingerprint density at radius 1 is 1.31 bits per heavy atom. The highest BCUT2D eigenvalue weighted by Gasteiger charge is 2.29. The Labute approximate surface area is 160 Å². The minimum Gasteiger partial charge on any atom is -0.492 e. The number of hydrogen-bond donors (Lipinski definition) is 2. The zero-order valence-electron chi connectivity index (χ0n) is 15.0. The van der Waals surface area contributed by atoms with E-state index in [0.717, 1.165) is 0 Å². The number of anilines is 1. The van der Waals surface area contributed by atoms with Crippen LogP contribution in [-0.2, 0) is 19.6 Å². The number of nitrogens with one attached hydrogen (secondary N) is 2. The Hall–Kier alpha value is -1.39. The Morgan fingerprint density at radius 3 is 2.62 bits per heavy atom. The molecule has 0 aromatic heterocycles. The number of halogens is 1. The van der Waals surface area contributed by atoms with Crippen molar-refractivity contribution in [3.8, 4) is 5.75 Å². The van der Waals surface area contributed by atoms with Crippen molar-refractivity contribution in [3.05, 3.63) is 18.2 Å². The first-order valence-corrected chi connectivity index (χ1v) is 9.72. The molecule has 1 aliphatic rings. The number of hydrogen-bond acceptors (Lipinski definition) is 6. The van der Waals surface area contributed by atoms with Crippen molar-refractivity contribution in [2.24, 2.45) is 0 Å². The summed E-state index contributed by atoms with van der Waals surface area (Å²) in [5.74, 6) is 0.0930. The van der Waals surface area contributed by atoms with E-state index in [1.54, 1.807) is 26.1 Å². The lowest BCUT2D eigenvalue weighted by Crippen LogP contribution is -2.40. The van der Waals surface area contributed by atoms with E-state index in [-0.39, 0.29) is 29.0 Å². The summed E-state index contributed by atoms with van der Waals surface area (Å²) in [6.45, 7) is 4.01. The summed E-state index contributed by atoms with van der Waals surface area (Å²) >= 11 is 0. The summed E-state index contributed by atoms with van der Waals surface area (Å²) in [4.78, 5) is 11.9. The van der Waals surface area contributed by atoms with E-state index in [1.165, 1.54) is 10.4 Å². The number of carbonyl (C=O) groups excluding carboxylic acids is 1. The Kier molecular flexibility index (Phi) is 9.31. The minimum atomic E-state index is -3.73. The quantitative estimate of drug-likeness (QED) is 0.669. The van der Waals surface area contributed by atoms with Crippen LogP contribution >= 0.6 is 12.4 Å². The monoisotopic (exact) mass is 407 g/mol. The lowest BCUT2D eigenvalue weighted by Gasteiger charge is -2.27. The SMILES string of the molecule is CCOc1ccc(NC(=O)CCNC)cc1S(=O)(=O)N1CCOCC1.Cl. The maximum absolute atomic E-state index is 13.0. The first-order chi connectivity index (χ1) is 12.0. The van der Waals surface area contributed by atoms with Crippen molar-refractivity contribution in [1.82, 2.24) is 9.62 Å². The van der Waals surface area contributed by atoms with E-state index in [4.69, 9.17) is 9.47 Å². The van der Waals surface area contributed by atoms with Gasteiger partial charge in [0.15, 0.2) is 0 Å². The fourth-order valence-electron chi connectivity index (χ4n) is 2.45. The summed E-state index contributed by atoms with van der Waals surface area (Å²) < 4.78 is 38.0. The van der Waals surface area contributed by atoms with Gasteiger partial charge in [-0.3, -0.25) is 4.79 Å². The van der Waals surface area contributed by atoms with Gasteiger partial charge in [-0.15, -0.1) is 12.4 Å². The molecule has 0 unspecified atom stereocenters.